The van der Waals surface area contributed by atoms with Crippen LogP contribution in [0, 0.1) is 12.0 Å². The van der Waals surface area contributed by atoms with Gasteiger partial charge < -0.3 is 9.47 Å². The Labute approximate surface area is 113 Å². The maximum Gasteiger partial charge on any atom is 0.130 e. The predicted octanol–water partition coefficient (Wildman–Crippen LogP) is 3.47. The zero-order chi connectivity index (χ0) is 13.1. The van der Waals surface area contributed by atoms with Crippen LogP contribution in [0.3, 0.4) is 0 Å². The summed E-state index contributed by atoms with van der Waals surface area (Å²) in [5.74, 6) is 1.75. The average Bonchev–Trinajstić information content (AvgIpc) is 2.41. The van der Waals surface area contributed by atoms with Crippen LogP contribution in [0.2, 0.25) is 0 Å². The third-order valence-corrected chi connectivity index (χ3v) is 3.54. The van der Waals surface area contributed by atoms with E-state index < -0.39 is 0 Å². The van der Waals surface area contributed by atoms with Crippen molar-refractivity contribution in [1.29, 1.82) is 0 Å². The standard InChI is InChI=1S/C15H15O2S/c1-10-12(5-4-6-15(10)18)13-8-7-11(16-2)9-14(13)17-3/h4-5,7-10H,1-3H3. The van der Waals surface area contributed by atoms with Gasteiger partial charge in [0.15, 0.2) is 0 Å². The van der Waals surface area contributed by atoms with Crippen LogP contribution >= 0.6 is 12.2 Å². The summed E-state index contributed by atoms with van der Waals surface area (Å²) in [5, 5.41) is 0. The van der Waals surface area contributed by atoms with Gasteiger partial charge in [0.25, 0.3) is 0 Å². The molecule has 93 valence electrons. The molecule has 0 fully saturated rings. The van der Waals surface area contributed by atoms with E-state index in [4.69, 9.17) is 21.7 Å². The minimum Gasteiger partial charge on any atom is -0.497 e. The Morgan fingerprint density at radius 2 is 2.00 bits per heavy atom. The first-order valence-electron chi connectivity index (χ1n) is 5.73. The Hall–Kier alpha value is -1.61. The Bertz CT molecular complexity index is 529. The largest absolute Gasteiger partial charge is 0.497 e. The zero-order valence-electron chi connectivity index (χ0n) is 10.7. The highest BCUT2D eigenvalue weighted by Gasteiger charge is 2.20. The van der Waals surface area contributed by atoms with Crippen LogP contribution in [0.25, 0.3) is 5.57 Å². The fraction of sp³-hybridized carbons (Fsp3) is 0.267. The van der Waals surface area contributed by atoms with Crippen molar-refractivity contribution in [3.63, 3.8) is 0 Å². The maximum absolute atomic E-state index is 5.43. The number of hydrogen-bond donors (Lipinski definition) is 0. The highest BCUT2D eigenvalue weighted by atomic mass is 32.1. The van der Waals surface area contributed by atoms with E-state index in [1.54, 1.807) is 14.2 Å². The molecule has 1 atom stereocenters. The normalized spacial score (nSPS) is 18.5. The number of rotatable bonds is 3. The van der Waals surface area contributed by atoms with Crippen molar-refractivity contribution in [2.24, 2.45) is 5.92 Å². The number of methoxy groups -OCH3 is 2. The third-order valence-electron chi connectivity index (χ3n) is 3.07. The van der Waals surface area contributed by atoms with E-state index in [1.807, 2.05) is 30.4 Å². The van der Waals surface area contributed by atoms with Gasteiger partial charge in [-0.3, -0.25) is 0 Å². The van der Waals surface area contributed by atoms with Gasteiger partial charge in [0.1, 0.15) is 11.5 Å². The summed E-state index contributed by atoms with van der Waals surface area (Å²) in [4.78, 5) is 0.824. The minimum atomic E-state index is 0.173. The molecule has 0 saturated carbocycles. The van der Waals surface area contributed by atoms with E-state index in [0.29, 0.717) is 0 Å². The highest BCUT2D eigenvalue weighted by molar-refractivity contribution is 7.80. The summed E-state index contributed by atoms with van der Waals surface area (Å²) in [6.07, 6.45) is 6.95. The number of hydrogen-bond acceptors (Lipinski definition) is 3. The van der Waals surface area contributed by atoms with Gasteiger partial charge in [-0.2, -0.15) is 0 Å². The van der Waals surface area contributed by atoms with Crippen LogP contribution in [0.1, 0.15) is 12.5 Å². The number of ether oxygens (including phenoxy) is 2. The summed E-state index contributed by atoms with van der Waals surface area (Å²) in [6.45, 7) is 2.08. The monoisotopic (exact) mass is 259 g/mol. The van der Waals surface area contributed by atoms with E-state index in [2.05, 4.69) is 13.0 Å². The molecule has 1 radical (unpaired) electrons. The van der Waals surface area contributed by atoms with Crippen molar-refractivity contribution >= 4 is 22.7 Å². The van der Waals surface area contributed by atoms with Crippen LogP contribution in [0.4, 0.5) is 0 Å². The number of allylic oxidation sites excluding steroid dienone is 4. The molecule has 0 bridgehead atoms. The Balaban J connectivity index is 2.48. The van der Waals surface area contributed by atoms with Crippen LogP contribution < -0.4 is 9.47 Å². The van der Waals surface area contributed by atoms with E-state index in [1.165, 1.54) is 0 Å². The van der Waals surface area contributed by atoms with E-state index >= 15 is 0 Å². The van der Waals surface area contributed by atoms with Gasteiger partial charge in [0.05, 0.1) is 14.2 Å². The first-order valence-corrected chi connectivity index (χ1v) is 6.14. The van der Waals surface area contributed by atoms with Crippen LogP contribution in [0.5, 0.6) is 11.5 Å². The average molecular weight is 259 g/mol. The van der Waals surface area contributed by atoms with Crippen LogP contribution in [-0.2, 0) is 0 Å². The maximum atomic E-state index is 5.43. The molecule has 2 nitrogen and oxygen atoms in total. The molecule has 2 rings (SSSR count). The molecule has 1 aromatic carbocycles. The van der Waals surface area contributed by atoms with Gasteiger partial charge in [0.2, 0.25) is 0 Å². The quantitative estimate of drug-likeness (QED) is 0.774. The lowest BCUT2D eigenvalue weighted by atomic mass is 9.87. The van der Waals surface area contributed by atoms with Crippen molar-refractivity contribution in [2.75, 3.05) is 14.2 Å². The second-order valence-corrected chi connectivity index (χ2v) is 4.52. The molecule has 0 saturated heterocycles. The van der Waals surface area contributed by atoms with Crippen molar-refractivity contribution in [1.82, 2.24) is 0 Å². The van der Waals surface area contributed by atoms with Crippen molar-refractivity contribution in [3.05, 3.63) is 42.0 Å². The summed E-state index contributed by atoms with van der Waals surface area (Å²) < 4.78 is 10.6. The van der Waals surface area contributed by atoms with Gasteiger partial charge in [-0.15, -0.1) is 0 Å². The molecule has 0 heterocycles. The molecular weight excluding hydrogens is 244 g/mol. The molecule has 1 unspecified atom stereocenters. The van der Waals surface area contributed by atoms with Gasteiger partial charge >= 0.3 is 0 Å². The smallest absolute Gasteiger partial charge is 0.130 e. The minimum absolute atomic E-state index is 0.173. The lowest BCUT2D eigenvalue weighted by molar-refractivity contribution is 0.393. The first kappa shape index (κ1) is 12.8. The molecular formula is C15H15O2S. The summed E-state index contributed by atoms with van der Waals surface area (Å²) >= 11 is 5.28. The second kappa shape index (κ2) is 5.36. The third kappa shape index (κ3) is 2.31. The van der Waals surface area contributed by atoms with Gasteiger partial charge in [-0.05, 0) is 23.8 Å². The van der Waals surface area contributed by atoms with E-state index in [0.717, 1.165) is 27.5 Å². The van der Waals surface area contributed by atoms with Gasteiger partial charge in [-0.25, -0.2) is 0 Å². The molecule has 1 aliphatic carbocycles. The molecule has 1 aliphatic rings. The summed E-state index contributed by atoms with van der Waals surface area (Å²) in [7, 11) is 3.30. The first-order chi connectivity index (χ1) is 8.67. The molecule has 3 heteroatoms. The fourth-order valence-electron chi connectivity index (χ4n) is 1.98. The molecule has 0 aromatic heterocycles. The van der Waals surface area contributed by atoms with Gasteiger partial charge in [-0.1, -0.05) is 31.3 Å². The van der Waals surface area contributed by atoms with E-state index in [9.17, 15) is 0 Å². The summed E-state index contributed by atoms with van der Waals surface area (Å²) in [6, 6.07) is 5.81. The molecule has 0 aliphatic heterocycles. The van der Waals surface area contributed by atoms with Crippen molar-refractivity contribution in [2.45, 2.75) is 6.92 Å². The topological polar surface area (TPSA) is 18.5 Å². The van der Waals surface area contributed by atoms with Crippen molar-refractivity contribution in [3.8, 4) is 11.5 Å². The number of benzene rings is 1. The SMILES string of the molecule is COc1ccc(C2=CC=[C]C(=S)C2C)c(OC)c1. The second-order valence-electron chi connectivity index (χ2n) is 4.09. The highest BCUT2D eigenvalue weighted by Crippen LogP contribution is 2.35. The van der Waals surface area contributed by atoms with Crippen LogP contribution in [0.15, 0.2) is 30.4 Å². The predicted molar refractivity (Wildman–Crippen MR) is 77.1 cm³/mol. The Morgan fingerprint density at radius 3 is 2.67 bits per heavy atom. The molecule has 1 aromatic rings. The fourth-order valence-corrected chi connectivity index (χ4v) is 2.18. The Morgan fingerprint density at radius 1 is 1.22 bits per heavy atom. The van der Waals surface area contributed by atoms with Crippen molar-refractivity contribution < 1.29 is 9.47 Å². The molecule has 0 N–H and O–H groups in total. The number of thiocarbonyl (C=S) groups is 1. The zero-order valence-corrected chi connectivity index (χ0v) is 11.5. The lowest BCUT2D eigenvalue weighted by Gasteiger charge is -2.20. The molecule has 0 amide bonds. The Kier molecular flexibility index (Phi) is 3.82. The summed E-state index contributed by atoms with van der Waals surface area (Å²) in [5.41, 5.74) is 2.20. The molecule has 0 spiro atoms. The molecule has 18 heavy (non-hydrogen) atoms. The van der Waals surface area contributed by atoms with E-state index in [-0.39, 0.29) is 5.92 Å². The van der Waals surface area contributed by atoms with Gasteiger partial charge in [0, 0.05) is 22.4 Å². The lowest BCUT2D eigenvalue weighted by Crippen LogP contribution is -2.12. The van der Waals surface area contributed by atoms with Crippen LogP contribution in [-0.4, -0.2) is 19.1 Å².